The molecule has 0 unspecified atom stereocenters. The molecule has 39 heavy (non-hydrogen) atoms. The highest BCUT2D eigenvalue weighted by Gasteiger charge is 2.53. The van der Waals surface area contributed by atoms with Gasteiger partial charge in [0, 0.05) is 5.56 Å². The maximum atomic E-state index is 16.4. The molecule has 4 atom stereocenters. The lowest BCUT2D eigenvalue weighted by Crippen LogP contribution is -2.50. The summed E-state index contributed by atoms with van der Waals surface area (Å²) in [5.74, 6) is 0.344. The third-order valence-corrected chi connectivity index (χ3v) is 17.5. The Labute approximate surface area is 231 Å². The van der Waals surface area contributed by atoms with E-state index in [2.05, 4.69) is 88.0 Å². The van der Waals surface area contributed by atoms with Gasteiger partial charge in [0.1, 0.15) is 18.0 Å². The Morgan fingerprint density at radius 2 is 1.64 bits per heavy atom. The van der Waals surface area contributed by atoms with E-state index in [-0.39, 0.29) is 27.8 Å². The van der Waals surface area contributed by atoms with Crippen LogP contribution in [-0.2, 0) is 13.6 Å². The number of hydrogen-bond donors (Lipinski definition) is 1. The van der Waals surface area contributed by atoms with Crippen molar-refractivity contribution in [3.63, 3.8) is 0 Å². The first-order valence-corrected chi connectivity index (χ1v) is 19.3. The summed E-state index contributed by atoms with van der Waals surface area (Å²) in [4.78, 5) is 20.2. The summed E-state index contributed by atoms with van der Waals surface area (Å²) >= 11 is 0. The molecule has 0 saturated carbocycles. The van der Waals surface area contributed by atoms with Gasteiger partial charge in [0.05, 0.1) is 6.61 Å². The number of fused-ring (bicyclic) bond motifs is 1. The third kappa shape index (κ3) is 5.80. The van der Waals surface area contributed by atoms with Crippen molar-refractivity contribution in [2.75, 3.05) is 6.61 Å². The number of hydrogen-bond acceptors (Lipinski definition) is 7. The second kappa shape index (κ2) is 10.3. The van der Waals surface area contributed by atoms with Gasteiger partial charge in [0.2, 0.25) is 0 Å². The van der Waals surface area contributed by atoms with Crippen molar-refractivity contribution >= 4 is 27.8 Å². The van der Waals surface area contributed by atoms with E-state index < -0.39 is 46.8 Å². The van der Waals surface area contributed by atoms with E-state index in [4.69, 9.17) is 13.6 Å². The third-order valence-electron chi connectivity index (χ3n) is 8.54. The molecule has 1 aliphatic rings. The van der Waals surface area contributed by atoms with Crippen LogP contribution in [0.1, 0.15) is 47.8 Å². The van der Waals surface area contributed by atoms with Crippen molar-refractivity contribution in [2.24, 2.45) is 0 Å². The van der Waals surface area contributed by atoms with Crippen LogP contribution in [0.4, 0.5) is 4.39 Å². The molecule has 0 bridgehead atoms. The van der Waals surface area contributed by atoms with Gasteiger partial charge in [-0.25, -0.2) is 9.37 Å². The lowest BCUT2D eigenvalue weighted by molar-refractivity contribution is -0.0477. The number of ether oxygens (including phenoxy) is 1. The topological polar surface area (TPSA) is 104 Å². The summed E-state index contributed by atoms with van der Waals surface area (Å²) < 4.78 is 37.1. The number of aromatic amines is 1. The van der Waals surface area contributed by atoms with Gasteiger partial charge >= 0.3 is 0 Å². The van der Waals surface area contributed by atoms with Gasteiger partial charge in [-0.2, -0.15) is 4.68 Å². The van der Waals surface area contributed by atoms with Crippen LogP contribution in [0.25, 0.3) is 22.6 Å². The van der Waals surface area contributed by atoms with Gasteiger partial charge in [-0.05, 0) is 36.3 Å². The molecule has 1 saturated heterocycles. The largest absolute Gasteiger partial charge is 0.414 e. The predicted octanol–water partition coefficient (Wildman–Crippen LogP) is 5.83. The van der Waals surface area contributed by atoms with Crippen LogP contribution in [0.3, 0.4) is 0 Å². The normalized spacial score (nSPS) is 23.1. The Balaban J connectivity index is 1.72. The van der Waals surface area contributed by atoms with Crippen LogP contribution in [-0.4, -0.2) is 66.6 Å². The predicted molar refractivity (Wildman–Crippen MR) is 155 cm³/mol. The molecular weight excluding hydrogens is 533 g/mol. The summed E-state index contributed by atoms with van der Waals surface area (Å²) in [5, 5.41) is 8.00. The quantitative estimate of drug-likeness (QED) is 0.354. The minimum atomic E-state index is -2.38. The van der Waals surface area contributed by atoms with Crippen LogP contribution in [0.15, 0.2) is 35.1 Å². The van der Waals surface area contributed by atoms with E-state index >= 15 is 4.39 Å². The molecule has 9 nitrogen and oxygen atoms in total. The zero-order valence-electron chi connectivity index (χ0n) is 24.7. The average Bonchev–Trinajstić information content (AvgIpc) is 3.38. The van der Waals surface area contributed by atoms with E-state index in [9.17, 15) is 4.79 Å². The molecule has 2 aromatic heterocycles. The SMILES string of the molecule is CC(C)(C)[Si](C)(C)OC[C@H]1O[C@@H](n2nnc3c(=O)[nH]c(-c4ccccc4)nc32)[C@@H](F)[C@@H]1O[Si](C)(C)C(C)(C)C. The molecule has 1 aliphatic heterocycles. The van der Waals surface area contributed by atoms with E-state index in [0.717, 1.165) is 0 Å². The molecular formula is C27H42FN5O4Si2. The van der Waals surface area contributed by atoms with Crippen LogP contribution >= 0.6 is 0 Å². The number of nitrogens with zero attached hydrogens (tertiary/aromatic N) is 4. The minimum Gasteiger partial charge on any atom is -0.414 e. The number of benzene rings is 1. The number of rotatable bonds is 7. The lowest BCUT2D eigenvalue weighted by atomic mass is 10.1. The first kappa shape index (κ1) is 29.7. The molecule has 1 fully saturated rings. The molecule has 0 spiro atoms. The number of halogens is 1. The van der Waals surface area contributed by atoms with E-state index in [1.807, 2.05) is 30.3 Å². The van der Waals surface area contributed by atoms with Gasteiger partial charge in [-0.3, -0.25) is 4.79 Å². The molecule has 1 N–H and O–H groups in total. The van der Waals surface area contributed by atoms with Crippen LogP contribution in [0.5, 0.6) is 0 Å². The summed E-state index contributed by atoms with van der Waals surface area (Å²) in [6.07, 6.45) is -4.27. The molecule has 4 rings (SSSR count). The second-order valence-corrected chi connectivity index (χ2v) is 23.0. The smallest absolute Gasteiger partial charge is 0.281 e. The zero-order chi connectivity index (χ0) is 29.0. The first-order chi connectivity index (χ1) is 17.9. The molecule has 0 aliphatic carbocycles. The highest BCUT2D eigenvalue weighted by molar-refractivity contribution is 6.74. The second-order valence-electron chi connectivity index (χ2n) is 13.4. The summed E-state index contributed by atoms with van der Waals surface area (Å²) in [7, 11) is -4.52. The highest BCUT2D eigenvalue weighted by Crippen LogP contribution is 2.43. The van der Waals surface area contributed by atoms with Gasteiger partial charge in [-0.1, -0.05) is 77.1 Å². The molecule has 3 heterocycles. The number of aromatic nitrogens is 5. The molecule has 0 amide bonds. The van der Waals surface area contributed by atoms with Crippen molar-refractivity contribution in [2.45, 2.75) is 102 Å². The Kier molecular flexibility index (Phi) is 7.84. The van der Waals surface area contributed by atoms with E-state index in [1.165, 1.54) is 4.68 Å². The zero-order valence-corrected chi connectivity index (χ0v) is 26.7. The molecule has 3 aromatic rings. The summed E-state index contributed by atoms with van der Waals surface area (Å²) in [5.41, 5.74) is 0.439. The Hall–Kier alpha value is -2.26. The standard InChI is InChI=1S/C27H42FN5O4Si2/c1-26(2,3)38(7,8)35-16-18-21(37-39(9,10)27(4,5)6)19(28)25(36-18)33-23-20(31-32-33)24(34)30-22(29-23)17-14-12-11-13-15-17/h11-15,18-19,21,25H,16H2,1-10H3,(H,29,30,34)/t18-,19+,21-,25-/m1/s1. The Morgan fingerprint density at radius 3 is 2.23 bits per heavy atom. The highest BCUT2D eigenvalue weighted by atomic mass is 28.4. The maximum absolute atomic E-state index is 16.4. The molecule has 12 heteroatoms. The fourth-order valence-electron chi connectivity index (χ4n) is 3.93. The van der Waals surface area contributed by atoms with Crippen LogP contribution in [0, 0.1) is 0 Å². The fourth-order valence-corrected chi connectivity index (χ4v) is 6.26. The van der Waals surface area contributed by atoms with Crippen molar-refractivity contribution < 1.29 is 18.0 Å². The van der Waals surface area contributed by atoms with Gasteiger partial charge in [0.15, 0.2) is 40.2 Å². The summed E-state index contributed by atoms with van der Waals surface area (Å²) in [6.45, 7) is 21.5. The number of nitrogens with one attached hydrogen (secondary N) is 1. The van der Waals surface area contributed by atoms with Crippen LogP contribution in [0.2, 0.25) is 36.3 Å². The number of alkyl halides is 1. The van der Waals surface area contributed by atoms with Crippen molar-refractivity contribution in [3.8, 4) is 11.4 Å². The van der Waals surface area contributed by atoms with Gasteiger partial charge < -0.3 is 18.6 Å². The minimum absolute atomic E-state index is 0.0171. The van der Waals surface area contributed by atoms with Crippen LogP contribution < -0.4 is 5.56 Å². The maximum Gasteiger partial charge on any atom is 0.281 e. The monoisotopic (exact) mass is 575 g/mol. The van der Waals surface area contributed by atoms with Gasteiger partial charge in [0.25, 0.3) is 5.56 Å². The molecule has 0 radical (unpaired) electrons. The van der Waals surface area contributed by atoms with Crippen molar-refractivity contribution in [1.82, 2.24) is 25.0 Å². The van der Waals surface area contributed by atoms with E-state index in [0.29, 0.717) is 11.4 Å². The fraction of sp³-hybridized carbons (Fsp3) is 0.630. The van der Waals surface area contributed by atoms with E-state index in [1.54, 1.807) is 0 Å². The van der Waals surface area contributed by atoms with Gasteiger partial charge in [-0.15, -0.1) is 5.10 Å². The first-order valence-electron chi connectivity index (χ1n) is 13.4. The number of H-pyrrole nitrogens is 1. The summed E-state index contributed by atoms with van der Waals surface area (Å²) in [6, 6.07) is 9.24. The van der Waals surface area contributed by atoms with Crippen molar-refractivity contribution in [3.05, 3.63) is 40.7 Å². The average molecular weight is 576 g/mol. The lowest BCUT2D eigenvalue weighted by Gasteiger charge is -2.40. The Bertz CT molecular complexity index is 1360. The molecule has 214 valence electrons. The Morgan fingerprint density at radius 1 is 1.03 bits per heavy atom. The molecule has 1 aromatic carbocycles. The van der Waals surface area contributed by atoms with Crippen molar-refractivity contribution in [1.29, 1.82) is 0 Å².